The van der Waals surface area contributed by atoms with Gasteiger partial charge in [-0.25, -0.2) is 0 Å². The van der Waals surface area contributed by atoms with Gasteiger partial charge >= 0.3 is 0 Å². The summed E-state index contributed by atoms with van der Waals surface area (Å²) >= 11 is 0. The Balaban J connectivity index is 2.55. The van der Waals surface area contributed by atoms with Gasteiger partial charge in [-0.1, -0.05) is 19.9 Å². The quantitative estimate of drug-likeness (QED) is 0.563. The molecule has 0 saturated carbocycles. The van der Waals surface area contributed by atoms with E-state index < -0.39 is 0 Å². The van der Waals surface area contributed by atoms with Gasteiger partial charge in [-0.2, -0.15) is 0 Å². The Morgan fingerprint density at radius 1 is 1.56 bits per heavy atom. The normalized spacial score (nSPS) is 34.3. The zero-order valence-corrected chi connectivity index (χ0v) is 6.44. The van der Waals surface area contributed by atoms with Crippen LogP contribution in [0.4, 0.5) is 0 Å². The second-order valence-corrected chi connectivity index (χ2v) is 2.91. The van der Waals surface area contributed by atoms with E-state index in [0.717, 1.165) is 11.8 Å². The maximum absolute atomic E-state index is 3.21. The molecule has 0 aromatic rings. The van der Waals surface area contributed by atoms with Crippen LogP contribution in [0.5, 0.6) is 0 Å². The summed E-state index contributed by atoms with van der Waals surface area (Å²) in [7, 11) is 2.00. The highest BCUT2D eigenvalue weighted by atomic mass is 14.8. The lowest BCUT2D eigenvalue weighted by Crippen LogP contribution is -2.13. The molecule has 2 atom stereocenters. The maximum Gasteiger partial charge on any atom is 0.00951 e. The Labute approximate surface area is 57.1 Å². The molecule has 1 rings (SSSR count). The van der Waals surface area contributed by atoms with Gasteiger partial charge in [0.15, 0.2) is 0 Å². The molecule has 0 heterocycles. The zero-order valence-electron chi connectivity index (χ0n) is 6.44. The number of rotatable bonds is 1. The van der Waals surface area contributed by atoms with E-state index in [2.05, 4.69) is 25.2 Å². The van der Waals surface area contributed by atoms with Crippen molar-refractivity contribution in [2.45, 2.75) is 20.3 Å². The third-order valence-corrected chi connectivity index (χ3v) is 2.34. The Kier molecular flexibility index (Phi) is 1.79. The minimum absolute atomic E-state index is 0.745. The van der Waals surface area contributed by atoms with Crippen LogP contribution in [0, 0.1) is 11.8 Å². The minimum Gasteiger partial charge on any atom is -0.391 e. The van der Waals surface area contributed by atoms with Gasteiger partial charge < -0.3 is 5.32 Å². The molecule has 0 fully saturated rings. The molecule has 0 aliphatic heterocycles. The first kappa shape index (κ1) is 6.66. The molecule has 52 valence electrons. The highest BCUT2D eigenvalue weighted by molar-refractivity contribution is 5.10. The molecule has 1 heteroatoms. The van der Waals surface area contributed by atoms with E-state index in [1.807, 2.05) is 7.05 Å². The van der Waals surface area contributed by atoms with Crippen LogP contribution in [0.3, 0.4) is 0 Å². The third kappa shape index (κ3) is 1.09. The van der Waals surface area contributed by atoms with Crippen LogP contribution in [0.25, 0.3) is 0 Å². The van der Waals surface area contributed by atoms with Gasteiger partial charge in [-0.15, -0.1) is 0 Å². The Morgan fingerprint density at radius 2 is 2.22 bits per heavy atom. The van der Waals surface area contributed by atoms with E-state index in [9.17, 15) is 0 Å². The van der Waals surface area contributed by atoms with Crippen molar-refractivity contribution in [3.8, 4) is 0 Å². The topological polar surface area (TPSA) is 12.0 Å². The average Bonchev–Trinajstić information content (AvgIpc) is 2.15. The van der Waals surface area contributed by atoms with Crippen molar-refractivity contribution in [2.75, 3.05) is 7.05 Å². The van der Waals surface area contributed by atoms with E-state index in [1.165, 1.54) is 12.1 Å². The fourth-order valence-electron chi connectivity index (χ4n) is 1.34. The van der Waals surface area contributed by atoms with Crippen molar-refractivity contribution in [1.29, 1.82) is 0 Å². The van der Waals surface area contributed by atoms with E-state index in [4.69, 9.17) is 0 Å². The molecular weight excluding hydrogens is 110 g/mol. The van der Waals surface area contributed by atoms with Crippen LogP contribution in [0.15, 0.2) is 11.8 Å². The lowest BCUT2D eigenvalue weighted by Gasteiger charge is -2.12. The zero-order chi connectivity index (χ0) is 6.85. The second kappa shape index (κ2) is 2.42. The van der Waals surface area contributed by atoms with E-state index in [0.29, 0.717) is 0 Å². The lowest BCUT2D eigenvalue weighted by molar-refractivity contribution is 0.468. The Hall–Kier alpha value is -0.460. The summed E-state index contributed by atoms with van der Waals surface area (Å²) in [6, 6.07) is 0. The van der Waals surface area contributed by atoms with E-state index >= 15 is 0 Å². The summed E-state index contributed by atoms with van der Waals surface area (Å²) in [5, 5.41) is 3.21. The van der Waals surface area contributed by atoms with Gasteiger partial charge in [0, 0.05) is 12.7 Å². The molecule has 1 nitrogen and oxygen atoms in total. The number of hydrogen-bond acceptors (Lipinski definition) is 1. The molecule has 0 radical (unpaired) electrons. The highest BCUT2D eigenvalue weighted by Crippen LogP contribution is 2.28. The van der Waals surface area contributed by atoms with Crippen molar-refractivity contribution in [3.63, 3.8) is 0 Å². The number of hydrogen-bond donors (Lipinski definition) is 1. The predicted molar refractivity (Wildman–Crippen MR) is 40.1 cm³/mol. The Morgan fingerprint density at radius 3 is 2.44 bits per heavy atom. The molecule has 0 aromatic carbocycles. The summed E-state index contributed by atoms with van der Waals surface area (Å²) in [6.07, 6.45) is 3.55. The maximum atomic E-state index is 3.21. The molecule has 1 aliphatic rings. The molecule has 0 amide bonds. The summed E-state index contributed by atoms with van der Waals surface area (Å²) < 4.78 is 0. The summed E-state index contributed by atoms with van der Waals surface area (Å²) in [4.78, 5) is 0. The van der Waals surface area contributed by atoms with Gasteiger partial charge in [-0.3, -0.25) is 0 Å². The molecule has 1 N–H and O–H groups in total. The largest absolute Gasteiger partial charge is 0.391 e. The average molecular weight is 125 g/mol. The van der Waals surface area contributed by atoms with Gasteiger partial charge in [0.2, 0.25) is 0 Å². The van der Waals surface area contributed by atoms with Crippen LogP contribution >= 0.6 is 0 Å². The molecule has 0 bridgehead atoms. The molecule has 1 aliphatic carbocycles. The van der Waals surface area contributed by atoms with Crippen molar-refractivity contribution < 1.29 is 0 Å². The minimum atomic E-state index is 0.745. The SMILES string of the molecule is CNC1=CCC(C)C1C. The first-order valence-electron chi connectivity index (χ1n) is 3.63. The van der Waals surface area contributed by atoms with Crippen LogP contribution in [-0.2, 0) is 0 Å². The fraction of sp³-hybridized carbons (Fsp3) is 0.750. The van der Waals surface area contributed by atoms with E-state index in [1.54, 1.807) is 0 Å². The van der Waals surface area contributed by atoms with Crippen molar-refractivity contribution in [1.82, 2.24) is 5.32 Å². The molecule has 0 spiro atoms. The first-order valence-corrected chi connectivity index (χ1v) is 3.63. The predicted octanol–water partition coefficient (Wildman–Crippen LogP) is 1.77. The molecule has 9 heavy (non-hydrogen) atoms. The number of nitrogens with one attached hydrogen (secondary N) is 1. The molecule has 2 unspecified atom stereocenters. The monoisotopic (exact) mass is 125 g/mol. The van der Waals surface area contributed by atoms with Crippen molar-refractivity contribution in [3.05, 3.63) is 11.8 Å². The van der Waals surface area contributed by atoms with E-state index in [-0.39, 0.29) is 0 Å². The Bertz CT molecular complexity index is 127. The smallest absolute Gasteiger partial charge is 0.00951 e. The van der Waals surface area contributed by atoms with Crippen LogP contribution in [0.2, 0.25) is 0 Å². The molecular formula is C8H15N. The van der Waals surface area contributed by atoms with Crippen molar-refractivity contribution >= 4 is 0 Å². The van der Waals surface area contributed by atoms with Crippen LogP contribution in [0.1, 0.15) is 20.3 Å². The van der Waals surface area contributed by atoms with Crippen LogP contribution < -0.4 is 5.32 Å². The lowest BCUT2D eigenvalue weighted by atomic mass is 9.98. The van der Waals surface area contributed by atoms with Crippen LogP contribution in [-0.4, -0.2) is 7.05 Å². The standard InChI is InChI=1S/C8H15N/c1-6-4-5-8(9-3)7(6)2/h5-7,9H,4H2,1-3H3. The summed E-state index contributed by atoms with van der Waals surface area (Å²) in [5.41, 5.74) is 1.42. The number of allylic oxidation sites excluding steroid dienone is 2. The summed E-state index contributed by atoms with van der Waals surface area (Å²) in [5.74, 6) is 1.59. The third-order valence-electron chi connectivity index (χ3n) is 2.34. The van der Waals surface area contributed by atoms with Gasteiger partial charge in [0.1, 0.15) is 0 Å². The van der Waals surface area contributed by atoms with Crippen molar-refractivity contribution in [2.24, 2.45) is 11.8 Å². The molecule has 0 aromatic heterocycles. The molecule has 0 saturated heterocycles. The van der Waals surface area contributed by atoms with Gasteiger partial charge in [-0.05, 0) is 18.3 Å². The fourth-order valence-corrected chi connectivity index (χ4v) is 1.34. The van der Waals surface area contributed by atoms with Gasteiger partial charge in [0.05, 0.1) is 0 Å². The summed E-state index contributed by atoms with van der Waals surface area (Å²) in [6.45, 7) is 4.57. The highest BCUT2D eigenvalue weighted by Gasteiger charge is 2.20. The van der Waals surface area contributed by atoms with Gasteiger partial charge in [0.25, 0.3) is 0 Å². The second-order valence-electron chi connectivity index (χ2n) is 2.91. The first-order chi connectivity index (χ1) is 4.25.